The number of anilines is 1. The fraction of sp³-hybridized carbons (Fsp3) is 0.360. The summed E-state index contributed by atoms with van der Waals surface area (Å²) in [4.78, 5) is 21.9. The smallest absolute Gasteiger partial charge is 0.233 e. The van der Waals surface area contributed by atoms with Crippen LogP contribution in [0.1, 0.15) is 16.7 Å². The Balaban J connectivity index is 1.37. The van der Waals surface area contributed by atoms with E-state index in [1.165, 1.54) is 11.1 Å². The first-order valence-corrected chi connectivity index (χ1v) is 11.6. The molecular weight excluding hydrogens is 406 g/mol. The minimum Gasteiger partial charge on any atom is -0.495 e. The number of thioether (sulfide) groups is 1. The second-order valence-electron chi connectivity index (χ2n) is 8.07. The Morgan fingerprint density at radius 2 is 1.68 bits per heavy atom. The van der Waals surface area contributed by atoms with Crippen molar-refractivity contribution >= 4 is 34.3 Å². The standard InChI is InChI=1S/C25H29N3O2S/c1-17-13-20-14-19(3)25(26-21(20)15-18(17)2)31-16-24(29)28-11-9-27(10-12-28)22-7-5-6-8-23(22)30-4/h5-8,13-15H,9-12,16H2,1-4H3. The highest BCUT2D eigenvalue weighted by atomic mass is 32.2. The lowest BCUT2D eigenvalue weighted by Gasteiger charge is -2.36. The second kappa shape index (κ2) is 9.18. The number of benzene rings is 2. The Bertz CT molecular complexity index is 1110. The molecule has 4 rings (SSSR count). The molecule has 1 saturated heterocycles. The molecule has 0 unspecified atom stereocenters. The molecule has 0 spiro atoms. The zero-order valence-electron chi connectivity index (χ0n) is 18.6. The minimum atomic E-state index is 0.172. The average Bonchev–Trinajstić information content (AvgIpc) is 2.79. The molecule has 2 heterocycles. The van der Waals surface area contributed by atoms with Gasteiger partial charge in [-0.3, -0.25) is 4.79 Å². The van der Waals surface area contributed by atoms with Crippen LogP contribution in [-0.4, -0.2) is 54.8 Å². The van der Waals surface area contributed by atoms with E-state index >= 15 is 0 Å². The number of amides is 1. The fourth-order valence-electron chi connectivity index (χ4n) is 3.98. The Morgan fingerprint density at radius 3 is 2.42 bits per heavy atom. The van der Waals surface area contributed by atoms with E-state index in [1.54, 1.807) is 18.9 Å². The van der Waals surface area contributed by atoms with Gasteiger partial charge in [-0.05, 0) is 67.8 Å². The zero-order chi connectivity index (χ0) is 22.0. The van der Waals surface area contributed by atoms with Crippen LogP contribution in [0.5, 0.6) is 5.75 Å². The highest BCUT2D eigenvalue weighted by molar-refractivity contribution is 7.99. The molecule has 31 heavy (non-hydrogen) atoms. The number of ether oxygens (including phenoxy) is 1. The maximum absolute atomic E-state index is 12.8. The molecular formula is C25H29N3O2S. The third-order valence-electron chi connectivity index (χ3n) is 5.96. The average molecular weight is 436 g/mol. The van der Waals surface area contributed by atoms with Gasteiger partial charge in [-0.2, -0.15) is 0 Å². The third-order valence-corrected chi connectivity index (χ3v) is 7.04. The van der Waals surface area contributed by atoms with Crippen molar-refractivity contribution in [1.82, 2.24) is 9.88 Å². The number of carbonyl (C=O) groups is 1. The lowest BCUT2D eigenvalue weighted by atomic mass is 10.1. The second-order valence-corrected chi connectivity index (χ2v) is 9.03. The van der Waals surface area contributed by atoms with Crippen LogP contribution in [0.15, 0.2) is 47.5 Å². The number of aryl methyl sites for hydroxylation is 3. The maximum Gasteiger partial charge on any atom is 0.233 e. The fourth-order valence-corrected chi connectivity index (χ4v) is 4.88. The molecule has 162 valence electrons. The number of rotatable bonds is 5. The van der Waals surface area contributed by atoms with Crippen LogP contribution in [0, 0.1) is 20.8 Å². The molecule has 1 fully saturated rings. The number of para-hydroxylation sites is 2. The first-order chi connectivity index (χ1) is 15.0. The first kappa shape index (κ1) is 21.5. The van der Waals surface area contributed by atoms with Crippen LogP contribution in [0.4, 0.5) is 5.69 Å². The summed E-state index contributed by atoms with van der Waals surface area (Å²) < 4.78 is 5.48. The summed E-state index contributed by atoms with van der Waals surface area (Å²) >= 11 is 1.54. The SMILES string of the molecule is COc1ccccc1N1CCN(C(=O)CSc2nc3cc(C)c(C)cc3cc2C)CC1. The number of hydrogen-bond acceptors (Lipinski definition) is 5. The van der Waals surface area contributed by atoms with Gasteiger partial charge in [0, 0.05) is 31.6 Å². The molecule has 0 radical (unpaired) electrons. The highest BCUT2D eigenvalue weighted by Gasteiger charge is 2.23. The molecule has 0 N–H and O–H groups in total. The Kier molecular flexibility index (Phi) is 6.37. The predicted octanol–water partition coefficient (Wildman–Crippen LogP) is 4.61. The van der Waals surface area contributed by atoms with Crippen LogP contribution in [0.2, 0.25) is 0 Å². The van der Waals surface area contributed by atoms with E-state index in [-0.39, 0.29) is 5.91 Å². The van der Waals surface area contributed by atoms with Gasteiger partial charge in [0.1, 0.15) is 10.8 Å². The molecule has 0 aliphatic carbocycles. The molecule has 0 atom stereocenters. The van der Waals surface area contributed by atoms with Crippen LogP contribution in [0.25, 0.3) is 10.9 Å². The quantitative estimate of drug-likeness (QED) is 0.548. The van der Waals surface area contributed by atoms with Gasteiger partial charge in [-0.15, -0.1) is 0 Å². The topological polar surface area (TPSA) is 45.7 Å². The molecule has 3 aromatic rings. The molecule has 1 aliphatic rings. The summed E-state index contributed by atoms with van der Waals surface area (Å²) in [5, 5.41) is 2.10. The van der Waals surface area contributed by atoms with Crippen LogP contribution >= 0.6 is 11.8 Å². The van der Waals surface area contributed by atoms with Gasteiger partial charge in [-0.1, -0.05) is 23.9 Å². The van der Waals surface area contributed by atoms with Crippen molar-refractivity contribution in [2.24, 2.45) is 0 Å². The van der Waals surface area contributed by atoms with Crippen molar-refractivity contribution in [3.8, 4) is 5.75 Å². The summed E-state index contributed by atoms with van der Waals surface area (Å²) in [7, 11) is 1.70. The van der Waals surface area contributed by atoms with E-state index < -0.39 is 0 Å². The van der Waals surface area contributed by atoms with Gasteiger partial charge in [0.25, 0.3) is 0 Å². The van der Waals surface area contributed by atoms with Crippen molar-refractivity contribution in [2.75, 3.05) is 43.9 Å². The molecule has 5 nitrogen and oxygen atoms in total. The Morgan fingerprint density at radius 1 is 1.00 bits per heavy atom. The number of piperazine rings is 1. The maximum atomic E-state index is 12.8. The molecule has 1 aliphatic heterocycles. The summed E-state index contributed by atoms with van der Waals surface area (Å²) in [6.07, 6.45) is 0. The number of fused-ring (bicyclic) bond motifs is 1. The van der Waals surface area contributed by atoms with Crippen molar-refractivity contribution in [3.63, 3.8) is 0 Å². The van der Waals surface area contributed by atoms with E-state index in [0.717, 1.165) is 59.1 Å². The molecule has 0 saturated carbocycles. The summed E-state index contributed by atoms with van der Waals surface area (Å²) in [5.74, 6) is 1.46. The van der Waals surface area contributed by atoms with E-state index in [1.807, 2.05) is 23.1 Å². The Hall–Kier alpha value is -2.73. The van der Waals surface area contributed by atoms with Crippen molar-refractivity contribution in [3.05, 3.63) is 59.2 Å². The molecule has 0 bridgehead atoms. The van der Waals surface area contributed by atoms with Crippen molar-refractivity contribution in [1.29, 1.82) is 0 Å². The monoisotopic (exact) mass is 435 g/mol. The lowest BCUT2D eigenvalue weighted by Crippen LogP contribution is -2.49. The van der Waals surface area contributed by atoms with E-state index in [2.05, 4.69) is 49.9 Å². The number of aromatic nitrogens is 1. The molecule has 1 aromatic heterocycles. The first-order valence-electron chi connectivity index (χ1n) is 10.6. The van der Waals surface area contributed by atoms with Gasteiger partial charge < -0.3 is 14.5 Å². The van der Waals surface area contributed by atoms with E-state index in [9.17, 15) is 4.79 Å². The summed E-state index contributed by atoms with van der Waals surface area (Å²) in [6.45, 7) is 9.36. The Labute approximate surface area is 188 Å². The predicted molar refractivity (Wildman–Crippen MR) is 128 cm³/mol. The molecule has 1 amide bonds. The van der Waals surface area contributed by atoms with Crippen molar-refractivity contribution in [2.45, 2.75) is 25.8 Å². The highest BCUT2D eigenvalue weighted by Crippen LogP contribution is 2.29. The van der Waals surface area contributed by atoms with Crippen molar-refractivity contribution < 1.29 is 9.53 Å². The number of carbonyl (C=O) groups excluding carboxylic acids is 1. The summed E-state index contributed by atoms with van der Waals surface area (Å²) in [6, 6.07) is 14.5. The molecule has 2 aromatic carbocycles. The largest absolute Gasteiger partial charge is 0.495 e. The van der Waals surface area contributed by atoms with Gasteiger partial charge in [0.15, 0.2) is 0 Å². The number of hydrogen-bond donors (Lipinski definition) is 0. The molecule has 6 heteroatoms. The minimum absolute atomic E-state index is 0.172. The third kappa shape index (κ3) is 4.64. The number of methoxy groups -OCH3 is 1. The van der Waals surface area contributed by atoms with Crippen LogP contribution < -0.4 is 9.64 Å². The van der Waals surface area contributed by atoms with Crippen LogP contribution in [0.3, 0.4) is 0 Å². The lowest BCUT2D eigenvalue weighted by molar-refractivity contribution is -0.128. The zero-order valence-corrected chi connectivity index (χ0v) is 19.5. The van der Waals surface area contributed by atoms with E-state index in [0.29, 0.717) is 5.75 Å². The number of pyridine rings is 1. The van der Waals surface area contributed by atoms with Gasteiger partial charge in [0.2, 0.25) is 5.91 Å². The van der Waals surface area contributed by atoms with Gasteiger partial charge >= 0.3 is 0 Å². The van der Waals surface area contributed by atoms with Crippen LogP contribution in [-0.2, 0) is 4.79 Å². The van der Waals surface area contributed by atoms with E-state index in [4.69, 9.17) is 9.72 Å². The van der Waals surface area contributed by atoms with Gasteiger partial charge in [-0.25, -0.2) is 4.98 Å². The summed E-state index contributed by atoms with van der Waals surface area (Å²) in [5.41, 5.74) is 5.72. The number of nitrogens with zero attached hydrogens (tertiary/aromatic N) is 3. The van der Waals surface area contributed by atoms with Gasteiger partial charge in [0.05, 0.1) is 24.1 Å². The normalized spacial score (nSPS) is 14.2.